The third kappa shape index (κ3) is 9.39. The van der Waals surface area contributed by atoms with Crippen molar-refractivity contribution in [2.75, 3.05) is 6.61 Å². The molecule has 1 heterocycles. The van der Waals surface area contributed by atoms with E-state index in [9.17, 15) is 4.79 Å². The SMILES string of the molecule is CC(C)CC(C(=O)NCc1ccc(Cl)cc1)n1nnnc1C(N)CCCCOB(O)O.Cl. The molecule has 2 rings (SSSR count). The molecular weight excluding hydrogens is 458 g/mol. The molecule has 13 heteroatoms. The van der Waals surface area contributed by atoms with E-state index in [1.807, 2.05) is 26.0 Å². The van der Waals surface area contributed by atoms with Gasteiger partial charge in [0.1, 0.15) is 6.04 Å². The number of carbonyl (C=O) groups is 1. The van der Waals surface area contributed by atoms with Crippen LogP contribution in [-0.2, 0) is 16.0 Å². The minimum absolute atomic E-state index is 0. The molecule has 2 unspecified atom stereocenters. The van der Waals surface area contributed by atoms with Gasteiger partial charge in [-0.05, 0) is 59.7 Å². The monoisotopic (exact) mass is 488 g/mol. The zero-order valence-electron chi connectivity index (χ0n) is 18.2. The summed E-state index contributed by atoms with van der Waals surface area (Å²) in [5, 5.41) is 32.8. The number of nitrogens with two attached hydrogens (primary N) is 1. The topological polar surface area (TPSA) is 148 Å². The van der Waals surface area contributed by atoms with Crippen molar-refractivity contribution in [2.24, 2.45) is 11.7 Å². The van der Waals surface area contributed by atoms with Crippen molar-refractivity contribution in [3.8, 4) is 0 Å². The minimum atomic E-state index is -1.77. The van der Waals surface area contributed by atoms with Gasteiger partial charge in [0.2, 0.25) is 5.91 Å². The van der Waals surface area contributed by atoms with Crippen molar-refractivity contribution in [2.45, 2.75) is 58.2 Å². The fraction of sp³-hybridized carbons (Fsp3) is 0.579. The first kappa shape index (κ1) is 28.3. The molecule has 0 aliphatic heterocycles. The summed E-state index contributed by atoms with van der Waals surface area (Å²) in [5.41, 5.74) is 7.22. The molecule has 1 aromatic heterocycles. The largest absolute Gasteiger partial charge is 0.633 e. The average molecular weight is 489 g/mol. The Kier molecular flexibility index (Phi) is 12.7. The van der Waals surface area contributed by atoms with Crippen LogP contribution in [-0.4, -0.2) is 50.1 Å². The maximum Gasteiger partial charge on any atom is 0.633 e. The molecule has 5 N–H and O–H groups in total. The number of rotatable bonds is 13. The van der Waals surface area contributed by atoms with Gasteiger partial charge in [0.15, 0.2) is 5.82 Å². The second-order valence-corrected chi connectivity index (χ2v) is 8.21. The van der Waals surface area contributed by atoms with Crippen LogP contribution in [0.25, 0.3) is 0 Å². The minimum Gasteiger partial charge on any atom is -0.402 e. The summed E-state index contributed by atoms with van der Waals surface area (Å²) >= 11 is 5.91. The van der Waals surface area contributed by atoms with E-state index in [1.165, 1.54) is 4.68 Å². The maximum absolute atomic E-state index is 13.0. The molecule has 0 aliphatic carbocycles. The molecule has 2 atom stereocenters. The number of aromatic nitrogens is 4. The molecule has 1 amide bonds. The van der Waals surface area contributed by atoms with Crippen LogP contribution in [0.2, 0.25) is 5.02 Å². The average Bonchev–Trinajstić information content (AvgIpc) is 3.20. The number of unbranched alkanes of at least 4 members (excludes halogenated alkanes) is 1. The van der Waals surface area contributed by atoms with E-state index in [-0.39, 0.29) is 30.8 Å². The number of halogens is 2. The Morgan fingerprint density at radius 3 is 2.59 bits per heavy atom. The molecule has 0 saturated heterocycles. The molecule has 178 valence electrons. The van der Waals surface area contributed by atoms with Gasteiger partial charge in [0.05, 0.1) is 6.04 Å². The Morgan fingerprint density at radius 1 is 1.28 bits per heavy atom. The summed E-state index contributed by atoms with van der Waals surface area (Å²) in [6.45, 7) is 4.63. The first-order valence-corrected chi connectivity index (χ1v) is 10.7. The molecular formula is C19H31BCl2N6O4. The van der Waals surface area contributed by atoms with E-state index in [0.717, 1.165) is 5.56 Å². The van der Waals surface area contributed by atoms with Crippen molar-refractivity contribution in [3.05, 3.63) is 40.7 Å². The Labute approximate surface area is 199 Å². The van der Waals surface area contributed by atoms with E-state index in [2.05, 4.69) is 25.5 Å². The molecule has 32 heavy (non-hydrogen) atoms. The van der Waals surface area contributed by atoms with Crippen molar-refractivity contribution in [1.82, 2.24) is 25.5 Å². The van der Waals surface area contributed by atoms with Crippen LogP contribution in [0.5, 0.6) is 0 Å². The summed E-state index contributed by atoms with van der Waals surface area (Å²) < 4.78 is 6.20. The predicted molar refractivity (Wildman–Crippen MR) is 124 cm³/mol. The highest BCUT2D eigenvalue weighted by molar-refractivity contribution is 6.32. The number of tetrazole rings is 1. The molecule has 0 aliphatic rings. The maximum atomic E-state index is 13.0. The van der Waals surface area contributed by atoms with Crippen LogP contribution in [0.15, 0.2) is 24.3 Å². The molecule has 0 saturated carbocycles. The van der Waals surface area contributed by atoms with E-state index in [4.69, 9.17) is 27.4 Å². The molecule has 0 spiro atoms. The van der Waals surface area contributed by atoms with E-state index >= 15 is 0 Å². The highest BCUT2D eigenvalue weighted by atomic mass is 35.5. The van der Waals surface area contributed by atoms with Gasteiger partial charge >= 0.3 is 7.32 Å². The Bertz CT molecular complexity index is 809. The fourth-order valence-corrected chi connectivity index (χ4v) is 3.25. The number of nitrogens with one attached hydrogen (secondary N) is 1. The van der Waals surface area contributed by atoms with Gasteiger partial charge in [-0.25, -0.2) is 4.68 Å². The van der Waals surface area contributed by atoms with Gasteiger partial charge in [-0.1, -0.05) is 37.6 Å². The normalized spacial score (nSPS) is 12.8. The van der Waals surface area contributed by atoms with Crippen LogP contribution in [0.4, 0.5) is 0 Å². The molecule has 0 radical (unpaired) electrons. The van der Waals surface area contributed by atoms with Gasteiger partial charge in [0, 0.05) is 18.2 Å². The highest BCUT2D eigenvalue weighted by Crippen LogP contribution is 2.22. The van der Waals surface area contributed by atoms with Gasteiger partial charge in [0.25, 0.3) is 0 Å². The lowest BCUT2D eigenvalue weighted by molar-refractivity contribution is -0.125. The first-order valence-electron chi connectivity index (χ1n) is 10.3. The second kappa shape index (κ2) is 14.4. The number of hydrogen-bond donors (Lipinski definition) is 4. The molecule has 1 aromatic carbocycles. The lowest BCUT2D eigenvalue weighted by atomic mass is 10.0. The van der Waals surface area contributed by atoms with Crippen molar-refractivity contribution in [1.29, 1.82) is 0 Å². The fourth-order valence-electron chi connectivity index (χ4n) is 3.12. The number of amides is 1. The zero-order valence-corrected chi connectivity index (χ0v) is 19.8. The third-order valence-electron chi connectivity index (χ3n) is 4.70. The van der Waals surface area contributed by atoms with Crippen LogP contribution in [0.3, 0.4) is 0 Å². The highest BCUT2D eigenvalue weighted by Gasteiger charge is 2.28. The van der Waals surface area contributed by atoms with Crippen LogP contribution in [0.1, 0.15) is 63.0 Å². The number of carbonyl (C=O) groups excluding carboxylic acids is 1. The summed E-state index contributed by atoms with van der Waals surface area (Å²) in [7, 11) is -1.77. The molecule has 0 fully saturated rings. The number of benzene rings is 1. The van der Waals surface area contributed by atoms with Gasteiger partial charge in [-0.15, -0.1) is 17.5 Å². The predicted octanol–water partition coefficient (Wildman–Crippen LogP) is 1.81. The van der Waals surface area contributed by atoms with Crippen LogP contribution < -0.4 is 11.1 Å². The molecule has 0 bridgehead atoms. The number of nitrogens with zero attached hydrogens (tertiary/aromatic N) is 4. The molecule has 10 nitrogen and oxygen atoms in total. The van der Waals surface area contributed by atoms with E-state index < -0.39 is 19.4 Å². The van der Waals surface area contributed by atoms with Crippen molar-refractivity contribution < 1.29 is 19.5 Å². The third-order valence-corrected chi connectivity index (χ3v) is 4.95. The van der Waals surface area contributed by atoms with E-state index in [0.29, 0.717) is 43.1 Å². The first-order chi connectivity index (χ1) is 14.8. The lowest BCUT2D eigenvalue weighted by Crippen LogP contribution is -2.35. The van der Waals surface area contributed by atoms with Crippen LogP contribution >= 0.6 is 24.0 Å². The number of hydrogen-bond acceptors (Lipinski definition) is 8. The van der Waals surface area contributed by atoms with Crippen molar-refractivity contribution >= 4 is 37.2 Å². The molecule has 2 aromatic rings. The van der Waals surface area contributed by atoms with Gasteiger partial charge < -0.3 is 25.8 Å². The zero-order chi connectivity index (χ0) is 22.8. The van der Waals surface area contributed by atoms with Crippen molar-refractivity contribution in [3.63, 3.8) is 0 Å². The lowest BCUT2D eigenvalue weighted by Gasteiger charge is -2.21. The summed E-state index contributed by atoms with van der Waals surface area (Å²) in [6, 6.07) is 6.22. The summed E-state index contributed by atoms with van der Waals surface area (Å²) in [4.78, 5) is 13.0. The Balaban J connectivity index is 0.00000512. The Hall–Kier alpha value is -1.76. The Morgan fingerprint density at radius 2 is 1.97 bits per heavy atom. The van der Waals surface area contributed by atoms with Gasteiger partial charge in [-0.3, -0.25) is 4.79 Å². The quantitative estimate of drug-likeness (QED) is 0.246. The summed E-state index contributed by atoms with van der Waals surface area (Å²) in [5.74, 6) is 0.492. The standard InChI is InChI=1S/C19H30BClN6O4.ClH/c1-13(2)11-17(19(28)23-12-14-6-8-15(21)9-7-14)27-18(24-25-26-27)16(22)5-3-4-10-31-20(29)30;/h6-9,13,16-17,29-30H,3-5,10-12,22H2,1-2H3,(H,23,28);1H. The smallest absolute Gasteiger partial charge is 0.402 e. The van der Waals surface area contributed by atoms with E-state index in [1.54, 1.807) is 12.1 Å². The van der Waals surface area contributed by atoms with Gasteiger partial charge in [-0.2, -0.15) is 0 Å². The van der Waals surface area contributed by atoms with Crippen LogP contribution in [0, 0.1) is 5.92 Å². The second-order valence-electron chi connectivity index (χ2n) is 7.77. The summed E-state index contributed by atoms with van der Waals surface area (Å²) in [6.07, 6.45) is 2.40.